The largest absolute Gasteiger partial charge is 0.463 e. The summed E-state index contributed by atoms with van der Waals surface area (Å²) in [5, 5.41) is 3.20. The molecule has 1 rings (SSSR count). The number of benzene rings is 1. The summed E-state index contributed by atoms with van der Waals surface area (Å²) >= 11 is 0. The summed E-state index contributed by atoms with van der Waals surface area (Å²) < 4.78 is 4.79. The summed E-state index contributed by atoms with van der Waals surface area (Å²) in [6, 6.07) is 7.87. The number of nitrogens with one attached hydrogen (secondary N) is 1. The molecule has 3 nitrogen and oxygen atoms in total. The highest BCUT2D eigenvalue weighted by molar-refractivity contribution is 5.87. The molecule has 0 fully saturated rings. The van der Waals surface area contributed by atoms with E-state index >= 15 is 0 Å². The Kier molecular flexibility index (Phi) is 5.12. The monoisotopic (exact) mass is 219 g/mol. The summed E-state index contributed by atoms with van der Waals surface area (Å²) in [7, 11) is 0. The van der Waals surface area contributed by atoms with Crippen molar-refractivity contribution in [3.63, 3.8) is 0 Å². The van der Waals surface area contributed by atoms with Crippen molar-refractivity contribution in [1.29, 1.82) is 0 Å². The van der Waals surface area contributed by atoms with Crippen LogP contribution in [0.5, 0.6) is 0 Å². The molecule has 86 valence electrons. The van der Waals surface area contributed by atoms with E-state index in [0.717, 1.165) is 17.8 Å². The van der Waals surface area contributed by atoms with Gasteiger partial charge in [-0.15, -0.1) is 0 Å². The highest BCUT2D eigenvalue weighted by Crippen LogP contribution is 2.10. The van der Waals surface area contributed by atoms with E-state index < -0.39 is 0 Å². The first-order valence-electron chi connectivity index (χ1n) is 5.45. The predicted molar refractivity (Wildman–Crippen MR) is 66.3 cm³/mol. The number of carbonyl (C=O) groups excluding carboxylic acids is 1. The van der Waals surface area contributed by atoms with Crippen LogP contribution in [0.25, 0.3) is 6.08 Å². The highest BCUT2D eigenvalue weighted by Gasteiger charge is 1.94. The zero-order chi connectivity index (χ0) is 11.8. The Labute approximate surface area is 96.1 Å². The lowest BCUT2D eigenvalue weighted by Gasteiger charge is -2.02. The van der Waals surface area contributed by atoms with Gasteiger partial charge in [-0.1, -0.05) is 12.1 Å². The van der Waals surface area contributed by atoms with E-state index in [4.69, 9.17) is 4.74 Å². The van der Waals surface area contributed by atoms with E-state index in [0.29, 0.717) is 6.61 Å². The lowest BCUT2D eigenvalue weighted by Crippen LogP contribution is -1.98. The first kappa shape index (κ1) is 12.3. The lowest BCUT2D eigenvalue weighted by atomic mass is 10.2. The van der Waals surface area contributed by atoms with Gasteiger partial charge in [0.25, 0.3) is 0 Å². The van der Waals surface area contributed by atoms with Crippen molar-refractivity contribution in [1.82, 2.24) is 0 Å². The molecule has 0 atom stereocenters. The van der Waals surface area contributed by atoms with Crippen LogP contribution in [0.15, 0.2) is 30.3 Å². The van der Waals surface area contributed by atoms with Crippen molar-refractivity contribution in [2.75, 3.05) is 18.5 Å². The van der Waals surface area contributed by atoms with Crippen LogP contribution in [0.3, 0.4) is 0 Å². The standard InChI is InChI=1S/C13H17NO2/c1-3-14-12-8-5-11(6-9-12)7-10-13(15)16-4-2/h5-10,14H,3-4H2,1-2H3/b10-7+. The Bertz CT molecular complexity index is 355. The second-order valence-corrected chi connectivity index (χ2v) is 3.24. The molecular formula is C13H17NO2. The topological polar surface area (TPSA) is 38.3 Å². The smallest absolute Gasteiger partial charge is 0.330 e. The third-order valence-electron chi connectivity index (χ3n) is 1.99. The van der Waals surface area contributed by atoms with Crippen LogP contribution < -0.4 is 5.32 Å². The molecule has 0 aliphatic rings. The summed E-state index contributed by atoms with van der Waals surface area (Å²) in [5.74, 6) is -0.307. The number of hydrogen-bond donors (Lipinski definition) is 1. The van der Waals surface area contributed by atoms with Crippen LogP contribution in [0.4, 0.5) is 5.69 Å². The van der Waals surface area contributed by atoms with Crippen LogP contribution in [-0.4, -0.2) is 19.1 Å². The maximum Gasteiger partial charge on any atom is 0.330 e. The maximum atomic E-state index is 11.1. The fourth-order valence-electron chi connectivity index (χ4n) is 1.27. The van der Waals surface area contributed by atoms with E-state index in [1.54, 1.807) is 13.0 Å². The number of ether oxygens (including phenoxy) is 1. The van der Waals surface area contributed by atoms with Gasteiger partial charge in [0.1, 0.15) is 0 Å². The van der Waals surface area contributed by atoms with Gasteiger partial charge in [0.05, 0.1) is 6.61 Å². The van der Waals surface area contributed by atoms with E-state index in [2.05, 4.69) is 12.2 Å². The van der Waals surface area contributed by atoms with E-state index in [1.807, 2.05) is 24.3 Å². The molecule has 0 bridgehead atoms. The van der Waals surface area contributed by atoms with E-state index in [9.17, 15) is 4.79 Å². The van der Waals surface area contributed by atoms with Gasteiger partial charge in [-0.2, -0.15) is 0 Å². The summed E-state index contributed by atoms with van der Waals surface area (Å²) in [5.41, 5.74) is 2.06. The normalized spacial score (nSPS) is 10.4. The molecule has 0 aromatic heterocycles. The zero-order valence-corrected chi connectivity index (χ0v) is 9.69. The highest BCUT2D eigenvalue weighted by atomic mass is 16.5. The number of hydrogen-bond acceptors (Lipinski definition) is 3. The first-order chi connectivity index (χ1) is 7.76. The molecule has 0 aliphatic carbocycles. The summed E-state index contributed by atoms with van der Waals surface area (Å²) in [6.45, 7) is 5.14. The third kappa shape index (κ3) is 4.17. The van der Waals surface area contributed by atoms with Gasteiger partial charge in [-0.25, -0.2) is 4.79 Å². The Hall–Kier alpha value is -1.77. The van der Waals surface area contributed by atoms with Crippen molar-refractivity contribution in [2.24, 2.45) is 0 Å². The van der Waals surface area contributed by atoms with Gasteiger partial charge < -0.3 is 10.1 Å². The second-order valence-electron chi connectivity index (χ2n) is 3.24. The van der Waals surface area contributed by atoms with Crippen LogP contribution >= 0.6 is 0 Å². The quantitative estimate of drug-likeness (QED) is 0.611. The molecule has 1 aromatic rings. The molecule has 0 unspecified atom stereocenters. The Balaban J connectivity index is 2.57. The molecule has 0 amide bonds. The molecule has 1 N–H and O–H groups in total. The van der Waals surface area contributed by atoms with Gasteiger partial charge in [0.15, 0.2) is 0 Å². The predicted octanol–water partition coefficient (Wildman–Crippen LogP) is 2.69. The molecule has 0 aliphatic heterocycles. The van der Waals surface area contributed by atoms with Crippen molar-refractivity contribution in [2.45, 2.75) is 13.8 Å². The summed E-state index contributed by atoms with van der Waals surface area (Å²) in [6.07, 6.45) is 3.18. The molecule has 0 saturated heterocycles. The van der Waals surface area contributed by atoms with E-state index in [-0.39, 0.29) is 5.97 Å². The number of esters is 1. The molecule has 0 heterocycles. The molecular weight excluding hydrogens is 202 g/mol. The van der Waals surface area contributed by atoms with Crippen LogP contribution in [0.1, 0.15) is 19.4 Å². The van der Waals surface area contributed by atoms with Gasteiger partial charge >= 0.3 is 5.97 Å². The Morgan fingerprint density at radius 2 is 2.00 bits per heavy atom. The molecule has 0 radical (unpaired) electrons. The van der Waals surface area contributed by atoms with Crippen molar-refractivity contribution in [3.05, 3.63) is 35.9 Å². The number of anilines is 1. The van der Waals surface area contributed by atoms with E-state index in [1.165, 1.54) is 6.08 Å². The number of rotatable bonds is 5. The van der Waals surface area contributed by atoms with Gasteiger partial charge in [-0.3, -0.25) is 0 Å². The third-order valence-corrected chi connectivity index (χ3v) is 1.99. The fourth-order valence-corrected chi connectivity index (χ4v) is 1.27. The fraction of sp³-hybridized carbons (Fsp3) is 0.308. The zero-order valence-electron chi connectivity index (χ0n) is 9.69. The average molecular weight is 219 g/mol. The van der Waals surface area contributed by atoms with Crippen molar-refractivity contribution >= 4 is 17.7 Å². The molecule has 0 spiro atoms. The molecule has 1 aromatic carbocycles. The number of carbonyl (C=O) groups is 1. The minimum atomic E-state index is -0.307. The molecule has 16 heavy (non-hydrogen) atoms. The van der Waals surface area contributed by atoms with Crippen molar-refractivity contribution in [3.8, 4) is 0 Å². The van der Waals surface area contributed by atoms with Gasteiger partial charge in [0, 0.05) is 18.3 Å². The Morgan fingerprint density at radius 1 is 1.31 bits per heavy atom. The van der Waals surface area contributed by atoms with Crippen LogP contribution in [-0.2, 0) is 9.53 Å². The van der Waals surface area contributed by atoms with Gasteiger partial charge in [0.2, 0.25) is 0 Å². The maximum absolute atomic E-state index is 11.1. The average Bonchev–Trinajstić information content (AvgIpc) is 2.29. The molecule has 0 saturated carbocycles. The van der Waals surface area contributed by atoms with Crippen LogP contribution in [0.2, 0.25) is 0 Å². The second kappa shape index (κ2) is 6.67. The van der Waals surface area contributed by atoms with Gasteiger partial charge in [-0.05, 0) is 37.6 Å². The SMILES string of the molecule is CCNc1ccc(/C=C/C(=O)OCC)cc1. The minimum absolute atomic E-state index is 0.307. The lowest BCUT2D eigenvalue weighted by molar-refractivity contribution is -0.137. The Morgan fingerprint density at radius 3 is 2.56 bits per heavy atom. The minimum Gasteiger partial charge on any atom is -0.463 e. The van der Waals surface area contributed by atoms with Crippen LogP contribution in [0, 0.1) is 0 Å². The summed E-state index contributed by atoms with van der Waals surface area (Å²) in [4.78, 5) is 11.1. The first-order valence-corrected chi connectivity index (χ1v) is 5.45. The van der Waals surface area contributed by atoms with Crippen molar-refractivity contribution < 1.29 is 9.53 Å². The molecule has 3 heteroatoms.